The molecule has 0 unspecified atom stereocenters. The second kappa shape index (κ2) is 5.41. The molecule has 10 heavy (non-hydrogen) atoms. The minimum atomic E-state index is -0.467. The van der Waals surface area contributed by atoms with Crippen LogP contribution >= 0.6 is 15.9 Å². The number of Topliss-reactive ketones (excluding diaryl/α,β-unsaturated/α-hetero) is 1. The molecule has 0 amide bonds. The van der Waals surface area contributed by atoms with Gasteiger partial charge in [0.05, 0.1) is 7.11 Å². The van der Waals surface area contributed by atoms with Crippen LogP contribution in [0.25, 0.3) is 0 Å². The molecular weight excluding hydrogens is 200 g/mol. The van der Waals surface area contributed by atoms with Crippen LogP contribution in [0.15, 0.2) is 0 Å². The number of carbonyl (C=O) groups excluding carboxylic acids is 2. The van der Waals surface area contributed by atoms with E-state index in [2.05, 4.69) is 20.7 Å². The van der Waals surface area contributed by atoms with Crippen molar-refractivity contribution in [3.8, 4) is 0 Å². The summed E-state index contributed by atoms with van der Waals surface area (Å²) in [7, 11) is 1.27. The highest BCUT2D eigenvalue weighted by Gasteiger charge is 2.07. The van der Waals surface area contributed by atoms with Crippen LogP contribution < -0.4 is 0 Å². The average molecular weight is 209 g/mol. The summed E-state index contributed by atoms with van der Waals surface area (Å²) in [5.41, 5.74) is 0. The molecule has 0 fully saturated rings. The fourth-order valence-electron chi connectivity index (χ4n) is 0.427. The van der Waals surface area contributed by atoms with Gasteiger partial charge in [-0.3, -0.25) is 9.59 Å². The summed E-state index contributed by atoms with van der Waals surface area (Å²) in [6, 6.07) is 0. The van der Waals surface area contributed by atoms with Gasteiger partial charge < -0.3 is 4.74 Å². The highest BCUT2D eigenvalue weighted by molar-refractivity contribution is 9.09. The number of rotatable bonds is 4. The summed E-state index contributed by atoms with van der Waals surface area (Å²) in [5, 5.41) is 0.600. The summed E-state index contributed by atoms with van der Waals surface area (Å²) >= 11 is 3.09. The minimum Gasteiger partial charge on any atom is -0.469 e. The topological polar surface area (TPSA) is 43.4 Å². The van der Waals surface area contributed by atoms with E-state index in [0.29, 0.717) is 11.8 Å². The number of ether oxygens (including phenoxy) is 1. The van der Waals surface area contributed by atoms with Crippen LogP contribution in [-0.2, 0) is 14.3 Å². The zero-order chi connectivity index (χ0) is 7.98. The van der Waals surface area contributed by atoms with Crippen molar-refractivity contribution < 1.29 is 14.3 Å². The molecule has 58 valence electrons. The normalized spacial score (nSPS) is 9.00. The SMILES string of the molecule is COC(=O)CC(=O)CCBr. The number of halogens is 1. The number of alkyl halides is 1. The zero-order valence-electron chi connectivity index (χ0n) is 5.72. The Hall–Kier alpha value is -0.380. The third-order valence-corrected chi connectivity index (χ3v) is 1.34. The van der Waals surface area contributed by atoms with Crippen molar-refractivity contribution in [1.29, 1.82) is 0 Å². The predicted octanol–water partition coefficient (Wildman–Crippen LogP) is 0.904. The molecule has 3 nitrogen and oxygen atoms in total. The van der Waals surface area contributed by atoms with Gasteiger partial charge in [0.1, 0.15) is 12.2 Å². The lowest BCUT2D eigenvalue weighted by molar-refractivity contribution is -0.143. The van der Waals surface area contributed by atoms with Crippen molar-refractivity contribution >= 4 is 27.7 Å². The van der Waals surface area contributed by atoms with E-state index in [-0.39, 0.29) is 12.2 Å². The van der Waals surface area contributed by atoms with Crippen molar-refractivity contribution in [2.45, 2.75) is 12.8 Å². The van der Waals surface area contributed by atoms with Crippen LogP contribution in [0.2, 0.25) is 0 Å². The van der Waals surface area contributed by atoms with E-state index in [1.54, 1.807) is 0 Å². The fourth-order valence-corrected chi connectivity index (χ4v) is 0.869. The van der Waals surface area contributed by atoms with Crippen LogP contribution in [0.1, 0.15) is 12.8 Å². The van der Waals surface area contributed by atoms with Crippen LogP contribution in [0.5, 0.6) is 0 Å². The number of carbonyl (C=O) groups is 2. The van der Waals surface area contributed by atoms with E-state index in [4.69, 9.17) is 0 Å². The lowest BCUT2D eigenvalue weighted by atomic mass is 10.2. The van der Waals surface area contributed by atoms with Crippen LogP contribution in [0.4, 0.5) is 0 Å². The van der Waals surface area contributed by atoms with Gasteiger partial charge in [0.15, 0.2) is 0 Å². The molecule has 0 atom stereocenters. The van der Waals surface area contributed by atoms with Gasteiger partial charge in [-0.25, -0.2) is 0 Å². The Bertz CT molecular complexity index is 133. The molecule has 0 aliphatic heterocycles. The molecule has 0 bridgehead atoms. The highest BCUT2D eigenvalue weighted by Crippen LogP contribution is 1.94. The van der Waals surface area contributed by atoms with Crippen molar-refractivity contribution in [3.63, 3.8) is 0 Å². The van der Waals surface area contributed by atoms with E-state index < -0.39 is 5.97 Å². The molecule has 0 N–H and O–H groups in total. The summed E-state index contributed by atoms with van der Waals surface area (Å²) in [4.78, 5) is 21.1. The molecule has 0 spiro atoms. The molecule has 0 saturated heterocycles. The van der Waals surface area contributed by atoms with Crippen molar-refractivity contribution in [2.24, 2.45) is 0 Å². The quantitative estimate of drug-likeness (QED) is 0.392. The second-order valence-corrected chi connectivity index (χ2v) is 2.52. The van der Waals surface area contributed by atoms with Gasteiger partial charge in [0, 0.05) is 11.8 Å². The number of hydrogen-bond donors (Lipinski definition) is 0. The molecule has 4 heteroatoms. The van der Waals surface area contributed by atoms with Gasteiger partial charge in [-0.1, -0.05) is 15.9 Å². The Balaban J connectivity index is 3.47. The Morgan fingerprint density at radius 3 is 2.50 bits per heavy atom. The molecule has 0 saturated carbocycles. The fraction of sp³-hybridized carbons (Fsp3) is 0.667. The van der Waals surface area contributed by atoms with Gasteiger partial charge in [0.2, 0.25) is 0 Å². The smallest absolute Gasteiger partial charge is 0.313 e. The Kier molecular flexibility index (Phi) is 5.20. The standard InChI is InChI=1S/C6H9BrO3/c1-10-6(9)4-5(8)2-3-7/h2-4H2,1H3. The molecule has 0 aliphatic rings. The summed E-state index contributed by atoms with van der Waals surface area (Å²) < 4.78 is 4.29. The third kappa shape index (κ3) is 4.49. The van der Waals surface area contributed by atoms with Gasteiger partial charge >= 0.3 is 5.97 Å². The zero-order valence-corrected chi connectivity index (χ0v) is 7.31. The van der Waals surface area contributed by atoms with E-state index in [1.165, 1.54) is 7.11 Å². The molecule has 0 aromatic rings. The lowest BCUT2D eigenvalue weighted by Crippen LogP contribution is -2.09. The first kappa shape index (κ1) is 9.62. The van der Waals surface area contributed by atoms with Gasteiger partial charge in [-0.2, -0.15) is 0 Å². The molecule has 0 aromatic heterocycles. The first-order chi connectivity index (χ1) is 4.70. The third-order valence-electron chi connectivity index (χ3n) is 0.943. The molecule has 0 heterocycles. The first-order valence-corrected chi connectivity index (χ1v) is 3.97. The highest BCUT2D eigenvalue weighted by atomic mass is 79.9. The van der Waals surface area contributed by atoms with Crippen molar-refractivity contribution in [2.75, 3.05) is 12.4 Å². The Morgan fingerprint density at radius 2 is 2.10 bits per heavy atom. The van der Waals surface area contributed by atoms with E-state index >= 15 is 0 Å². The maximum Gasteiger partial charge on any atom is 0.313 e. The predicted molar refractivity (Wildman–Crippen MR) is 40.1 cm³/mol. The van der Waals surface area contributed by atoms with E-state index in [1.807, 2.05) is 0 Å². The Labute approximate surface area is 67.9 Å². The Morgan fingerprint density at radius 1 is 1.50 bits per heavy atom. The molecule has 0 radical (unpaired) electrons. The number of hydrogen-bond acceptors (Lipinski definition) is 3. The number of ketones is 1. The van der Waals surface area contributed by atoms with E-state index in [0.717, 1.165) is 0 Å². The molecule has 0 aromatic carbocycles. The largest absolute Gasteiger partial charge is 0.469 e. The summed E-state index contributed by atoms with van der Waals surface area (Å²) in [5.74, 6) is -0.560. The first-order valence-electron chi connectivity index (χ1n) is 2.85. The lowest BCUT2D eigenvalue weighted by Gasteiger charge is -1.95. The second-order valence-electron chi connectivity index (χ2n) is 1.73. The number of methoxy groups -OCH3 is 1. The molecule has 0 rings (SSSR count). The van der Waals surface area contributed by atoms with Gasteiger partial charge in [-0.05, 0) is 0 Å². The average Bonchev–Trinajstić information content (AvgIpc) is 1.88. The monoisotopic (exact) mass is 208 g/mol. The van der Waals surface area contributed by atoms with Crippen LogP contribution in [0.3, 0.4) is 0 Å². The maximum atomic E-state index is 10.7. The minimum absolute atomic E-state index is 0.0938. The van der Waals surface area contributed by atoms with Crippen LogP contribution in [-0.4, -0.2) is 24.2 Å². The van der Waals surface area contributed by atoms with Gasteiger partial charge in [0.25, 0.3) is 0 Å². The van der Waals surface area contributed by atoms with Crippen molar-refractivity contribution in [1.82, 2.24) is 0 Å². The molecule has 0 aliphatic carbocycles. The van der Waals surface area contributed by atoms with Gasteiger partial charge in [-0.15, -0.1) is 0 Å². The summed E-state index contributed by atoms with van der Waals surface area (Å²) in [6.45, 7) is 0. The maximum absolute atomic E-state index is 10.7. The number of esters is 1. The van der Waals surface area contributed by atoms with Crippen molar-refractivity contribution in [3.05, 3.63) is 0 Å². The summed E-state index contributed by atoms with van der Waals surface area (Å²) in [6.07, 6.45) is 0.275. The van der Waals surface area contributed by atoms with Crippen LogP contribution in [0, 0.1) is 0 Å². The molecular formula is C6H9BrO3. The van der Waals surface area contributed by atoms with E-state index in [9.17, 15) is 9.59 Å².